The van der Waals surface area contributed by atoms with Gasteiger partial charge < -0.3 is 16.6 Å². The Kier molecular flexibility index (Phi) is 9.57. The first kappa shape index (κ1) is 39.0. The maximum absolute atomic E-state index is 12.5. The molecule has 0 radical (unpaired) electrons. The number of phenolic OH excluding ortho intramolecular Hbond substituents is 1. The number of hydrogen-bond acceptors (Lipinski definition) is 17. The SMILES string of the molecule is Nc1cc(S(=O)(=O)O)c(N=Nc2cc(S(=O)(=O)O)c3cc(S(=O)(=O)O)c(N=Nc4ccc5ccccc5c4S(=O)(=O)O)c(O)c3c2N)cc1S(=O)(=O)O. The molecule has 0 bridgehead atoms. The van der Waals surface area contributed by atoms with Crippen molar-refractivity contribution in [2.45, 2.75) is 24.5 Å². The summed E-state index contributed by atoms with van der Waals surface area (Å²) in [4.78, 5) is -5.74. The molecule has 22 nitrogen and oxygen atoms in total. The zero-order valence-corrected chi connectivity index (χ0v) is 29.6. The average molecular weight is 833 g/mol. The first-order valence-corrected chi connectivity index (χ1v) is 20.7. The summed E-state index contributed by atoms with van der Waals surface area (Å²) in [7, 11) is -26.4. The molecule has 0 saturated heterocycles. The van der Waals surface area contributed by atoms with Crippen LogP contribution in [0.15, 0.2) is 106 Å². The van der Waals surface area contributed by atoms with Crippen molar-refractivity contribution in [3.05, 3.63) is 60.7 Å². The molecule has 0 spiro atoms. The molecule has 27 heteroatoms. The lowest BCUT2D eigenvalue weighted by atomic mass is 10.0. The largest absolute Gasteiger partial charge is 0.505 e. The summed E-state index contributed by atoms with van der Waals surface area (Å²) in [5, 5.41) is 23.9. The van der Waals surface area contributed by atoms with E-state index in [1.165, 1.54) is 24.3 Å². The van der Waals surface area contributed by atoms with Gasteiger partial charge in [0.2, 0.25) is 0 Å². The Hall–Kier alpha value is -5.23. The summed E-state index contributed by atoms with van der Waals surface area (Å²) in [6.07, 6.45) is 0. The van der Waals surface area contributed by atoms with Crippen LogP contribution in [0.2, 0.25) is 0 Å². The van der Waals surface area contributed by atoms with E-state index >= 15 is 0 Å². The number of nitrogens with two attached hydrogens (primary N) is 2. The Morgan fingerprint density at radius 2 is 1.02 bits per heavy atom. The normalized spacial score (nSPS) is 13.5. The highest BCUT2D eigenvalue weighted by Gasteiger charge is 2.30. The van der Waals surface area contributed by atoms with Gasteiger partial charge in [0, 0.05) is 10.8 Å². The molecule has 10 N–H and O–H groups in total. The molecule has 0 atom stereocenters. The fraction of sp³-hybridized carbons (Fsp3) is 0. The van der Waals surface area contributed by atoms with Gasteiger partial charge in [-0.15, -0.1) is 20.5 Å². The number of azo groups is 2. The fourth-order valence-corrected chi connectivity index (χ4v) is 8.41. The average Bonchev–Trinajstić information content (AvgIpc) is 3.01. The van der Waals surface area contributed by atoms with Crippen molar-refractivity contribution in [3.8, 4) is 5.75 Å². The zero-order valence-electron chi connectivity index (χ0n) is 25.5. The number of anilines is 2. The molecule has 0 saturated carbocycles. The van der Waals surface area contributed by atoms with Gasteiger partial charge in [-0.3, -0.25) is 22.8 Å². The second-order valence-electron chi connectivity index (χ2n) is 10.6. The predicted octanol–water partition coefficient (Wildman–Crippen LogP) is 3.93. The van der Waals surface area contributed by atoms with Gasteiger partial charge in [-0.05, 0) is 35.7 Å². The predicted molar refractivity (Wildman–Crippen MR) is 182 cm³/mol. The zero-order chi connectivity index (χ0) is 39.6. The van der Waals surface area contributed by atoms with Gasteiger partial charge in [0.05, 0.1) is 16.8 Å². The number of benzene rings is 5. The minimum atomic E-state index is -5.50. The number of hydrogen-bond donors (Lipinski definition) is 8. The van der Waals surface area contributed by atoms with E-state index in [0.717, 1.165) is 6.07 Å². The Bertz CT molecular complexity index is 3060. The molecule has 0 aromatic heterocycles. The van der Waals surface area contributed by atoms with Crippen molar-refractivity contribution < 1.29 is 70.0 Å². The monoisotopic (exact) mass is 832 g/mol. The van der Waals surface area contributed by atoms with Crippen LogP contribution in [0.3, 0.4) is 0 Å². The van der Waals surface area contributed by atoms with Crippen molar-refractivity contribution in [3.63, 3.8) is 0 Å². The summed E-state index contributed by atoms with van der Waals surface area (Å²) in [5.41, 5.74) is 6.14. The maximum atomic E-state index is 12.5. The number of fused-ring (bicyclic) bond motifs is 2. The summed E-state index contributed by atoms with van der Waals surface area (Å²) < 4.78 is 171. The van der Waals surface area contributed by atoms with Crippen molar-refractivity contribution in [2.75, 3.05) is 11.5 Å². The van der Waals surface area contributed by atoms with Crippen molar-refractivity contribution in [1.82, 2.24) is 0 Å². The van der Waals surface area contributed by atoms with Crippen LogP contribution < -0.4 is 11.5 Å². The fourth-order valence-electron chi connectivity index (χ4n) is 4.96. The molecule has 0 fully saturated rings. The smallest absolute Gasteiger partial charge is 0.297 e. The van der Waals surface area contributed by atoms with Crippen LogP contribution in [0.5, 0.6) is 5.75 Å². The number of aromatic hydroxyl groups is 1. The van der Waals surface area contributed by atoms with Crippen LogP contribution in [-0.4, -0.2) is 70.0 Å². The van der Waals surface area contributed by atoms with Crippen molar-refractivity contribution in [2.24, 2.45) is 20.5 Å². The molecular weight excluding hydrogens is 813 g/mol. The van der Waals surface area contributed by atoms with Gasteiger partial charge in [0.25, 0.3) is 50.6 Å². The van der Waals surface area contributed by atoms with E-state index in [1.54, 1.807) is 6.07 Å². The molecule has 5 aromatic carbocycles. The van der Waals surface area contributed by atoms with E-state index in [-0.39, 0.29) is 5.39 Å². The minimum absolute atomic E-state index is 0.0665. The molecule has 0 aliphatic rings. The molecule has 280 valence electrons. The second kappa shape index (κ2) is 13.0. The quantitative estimate of drug-likeness (QED) is 0.0592. The first-order valence-electron chi connectivity index (χ1n) is 13.5. The Balaban J connectivity index is 1.85. The van der Waals surface area contributed by atoms with E-state index in [4.69, 9.17) is 11.5 Å². The first-order chi connectivity index (χ1) is 24.2. The van der Waals surface area contributed by atoms with E-state index in [0.29, 0.717) is 29.7 Å². The van der Waals surface area contributed by atoms with Gasteiger partial charge >= 0.3 is 0 Å². The minimum Gasteiger partial charge on any atom is -0.505 e. The van der Waals surface area contributed by atoms with Crippen LogP contribution in [0.4, 0.5) is 34.1 Å². The molecule has 0 aliphatic carbocycles. The number of rotatable bonds is 9. The van der Waals surface area contributed by atoms with Gasteiger partial charge in [-0.25, -0.2) is 0 Å². The summed E-state index contributed by atoms with van der Waals surface area (Å²) in [5.74, 6) is -1.40. The van der Waals surface area contributed by atoms with Gasteiger partial charge in [0.1, 0.15) is 47.2 Å². The van der Waals surface area contributed by atoms with E-state index in [1.807, 2.05) is 0 Å². The number of phenols is 1. The van der Waals surface area contributed by atoms with Crippen molar-refractivity contribution in [1.29, 1.82) is 0 Å². The summed E-state index contributed by atoms with van der Waals surface area (Å²) in [6, 6.07) is 9.62. The van der Waals surface area contributed by atoms with Crippen molar-refractivity contribution >= 4 is 106 Å². The third-order valence-corrected chi connectivity index (χ3v) is 11.7. The summed E-state index contributed by atoms with van der Waals surface area (Å²) >= 11 is 0. The van der Waals surface area contributed by atoms with Gasteiger partial charge in [0.15, 0.2) is 5.75 Å². The molecule has 5 aromatic rings. The van der Waals surface area contributed by atoms with E-state index in [9.17, 15) is 70.0 Å². The highest BCUT2D eigenvalue weighted by Crippen LogP contribution is 2.49. The van der Waals surface area contributed by atoms with Gasteiger partial charge in [-0.2, -0.15) is 42.1 Å². The Morgan fingerprint density at radius 1 is 0.491 bits per heavy atom. The Morgan fingerprint density at radius 3 is 1.58 bits per heavy atom. The highest BCUT2D eigenvalue weighted by molar-refractivity contribution is 7.87. The number of nitrogen functional groups attached to an aromatic ring is 2. The lowest BCUT2D eigenvalue weighted by Gasteiger charge is -2.14. The van der Waals surface area contributed by atoms with Crippen LogP contribution in [-0.2, 0) is 50.6 Å². The lowest BCUT2D eigenvalue weighted by Crippen LogP contribution is -2.06. The molecule has 0 heterocycles. The topological polar surface area (TPSA) is 394 Å². The standard InChI is InChI=1S/C26H20N6O16S5/c27-14-8-20(51(40,41)42)16(9-19(14)50(37,38)39)30-31-17-10-18(49(34,35)36)13-7-21(52(43,44)45)24(25(33)22(13)23(17)28)32-29-15-6-5-11-3-1-2-4-12(11)26(15)53(46,47)48/h1-10,33H,27-28H2,(H,34,35,36)(H,37,38,39)(H,40,41,42)(H,43,44,45)(H,46,47,48). The molecule has 0 unspecified atom stereocenters. The number of nitrogens with zero attached hydrogens (tertiary/aromatic N) is 4. The third-order valence-electron chi connectivity index (χ3n) is 7.16. The van der Waals surface area contributed by atoms with E-state index in [2.05, 4.69) is 20.5 Å². The summed E-state index contributed by atoms with van der Waals surface area (Å²) in [6.45, 7) is 0. The van der Waals surface area contributed by atoms with Gasteiger partial charge in [-0.1, -0.05) is 30.3 Å². The van der Waals surface area contributed by atoms with Crippen LogP contribution >= 0.6 is 0 Å². The Labute approximate surface area is 297 Å². The molecule has 53 heavy (non-hydrogen) atoms. The second-order valence-corrected chi connectivity index (χ2v) is 17.5. The molecule has 0 amide bonds. The lowest BCUT2D eigenvalue weighted by molar-refractivity contribution is 0.471. The highest BCUT2D eigenvalue weighted by atomic mass is 32.2. The van der Waals surface area contributed by atoms with Crippen LogP contribution in [0, 0.1) is 0 Å². The molecule has 5 rings (SSSR count). The van der Waals surface area contributed by atoms with Crippen LogP contribution in [0.1, 0.15) is 0 Å². The van der Waals surface area contributed by atoms with Crippen LogP contribution in [0.25, 0.3) is 21.5 Å². The maximum Gasteiger partial charge on any atom is 0.297 e. The third kappa shape index (κ3) is 7.64. The van der Waals surface area contributed by atoms with E-state index < -0.39 is 126 Å². The molecular formula is C26H20N6O16S5. The molecule has 0 aliphatic heterocycles.